The van der Waals surface area contributed by atoms with Crippen LogP contribution < -0.4 is 4.74 Å². The lowest BCUT2D eigenvalue weighted by Gasteiger charge is -2.12. The number of alkyl halides is 8. The van der Waals surface area contributed by atoms with E-state index in [0.29, 0.717) is 37.6 Å². The highest BCUT2D eigenvalue weighted by Gasteiger charge is 2.31. The number of Topliss-reactive ketones (excluding diaryl/α,β-unsaturated/α-hetero) is 1. The van der Waals surface area contributed by atoms with Crippen molar-refractivity contribution < 1.29 is 32.2 Å². The summed E-state index contributed by atoms with van der Waals surface area (Å²) in [5, 5.41) is -0.314. The molecule has 6 rings (SSSR count). The van der Waals surface area contributed by atoms with E-state index in [0.717, 1.165) is 56.4 Å². The van der Waals surface area contributed by atoms with Gasteiger partial charge < -0.3 is 14.2 Å². The highest BCUT2D eigenvalue weighted by Crippen LogP contribution is 2.34. The zero-order valence-corrected chi connectivity index (χ0v) is 50.1. The number of benzene rings is 6. The summed E-state index contributed by atoms with van der Waals surface area (Å²) in [6.45, 7) is 19.2. The van der Waals surface area contributed by atoms with E-state index in [9.17, 15) is 18.0 Å². The first kappa shape index (κ1) is 70.7. The van der Waals surface area contributed by atoms with E-state index < -0.39 is 18.0 Å². The normalized spacial score (nSPS) is 12.4. The van der Waals surface area contributed by atoms with Gasteiger partial charge in [-0.3, -0.25) is 4.79 Å². The molecule has 422 valence electrons. The maximum atomic E-state index is 12.0. The zero-order valence-electron chi connectivity index (χ0n) is 46.3. The van der Waals surface area contributed by atoms with E-state index in [-0.39, 0.29) is 27.3 Å². The van der Waals surface area contributed by atoms with Crippen LogP contribution in [-0.4, -0.2) is 59.9 Å². The number of rotatable bonds is 22. The Balaban J connectivity index is 0.000000466. The van der Waals surface area contributed by atoms with E-state index in [4.69, 9.17) is 72.2 Å². The van der Waals surface area contributed by atoms with Crippen molar-refractivity contribution in [2.75, 3.05) is 26.4 Å². The van der Waals surface area contributed by atoms with Gasteiger partial charge in [0.05, 0.1) is 47.7 Å². The Morgan fingerprint density at radius 3 is 1.38 bits per heavy atom. The van der Waals surface area contributed by atoms with Crippen LogP contribution in [0.25, 0.3) is 5.57 Å². The molecule has 0 N–H and O–H groups in total. The predicted octanol–water partition coefficient (Wildman–Crippen LogP) is 20.5. The molecule has 0 aliphatic carbocycles. The number of hydrogen-bond donors (Lipinski definition) is 0. The van der Waals surface area contributed by atoms with E-state index >= 15 is 0 Å². The van der Waals surface area contributed by atoms with Gasteiger partial charge in [0.2, 0.25) is 0 Å². The summed E-state index contributed by atoms with van der Waals surface area (Å²) in [6.07, 6.45) is 2.89. The van der Waals surface area contributed by atoms with Gasteiger partial charge in [-0.2, -0.15) is 13.2 Å². The third-order valence-corrected chi connectivity index (χ3v) is 13.3. The summed E-state index contributed by atoms with van der Waals surface area (Å²) in [7, 11) is 0. The lowest BCUT2D eigenvalue weighted by molar-refractivity contribution is -0.134. The summed E-state index contributed by atoms with van der Waals surface area (Å²) in [5.41, 5.74) is 8.56. The maximum Gasteiger partial charge on any atom is 0.390 e. The molecule has 0 aromatic heterocycles. The molecule has 0 radical (unpaired) electrons. The average molecular weight is 1160 g/mol. The Morgan fingerprint density at radius 2 is 0.961 bits per heavy atom. The number of ketones is 1. The first-order valence-electron chi connectivity index (χ1n) is 26.5. The van der Waals surface area contributed by atoms with Crippen molar-refractivity contribution in [3.63, 3.8) is 0 Å². The predicted molar refractivity (Wildman–Crippen MR) is 325 cm³/mol. The van der Waals surface area contributed by atoms with Crippen molar-refractivity contribution in [2.45, 2.75) is 140 Å². The van der Waals surface area contributed by atoms with Gasteiger partial charge in [-0.1, -0.05) is 192 Å². The summed E-state index contributed by atoms with van der Waals surface area (Å²) in [4.78, 5) is 11.0. The molecule has 77 heavy (non-hydrogen) atoms. The fourth-order valence-corrected chi connectivity index (χ4v) is 7.15. The van der Waals surface area contributed by atoms with E-state index in [1.165, 1.54) is 27.8 Å². The number of carbonyl (C=O) groups excluding carboxylic acids is 1. The van der Waals surface area contributed by atoms with Gasteiger partial charge in [-0.25, -0.2) is 0 Å². The fourth-order valence-electron chi connectivity index (χ4n) is 6.41. The van der Waals surface area contributed by atoms with Gasteiger partial charge in [0, 0.05) is 17.5 Å². The third-order valence-electron chi connectivity index (χ3n) is 11.1. The molecule has 0 amide bonds. The van der Waals surface area contributed by atoms with Crippen LogP contribution in [0.15, 0.2) is 176 Å². The molecule has 0 heterocycles. The number of carbonyl (C=O) groups is 1. The van der Waals surface area contributed by atoms with Crippen LogP contribution in [0.2, 0.25) is 0 Å². The molecule has 0 saturated heterocycles. The lowest BCUT2D eigenvalue weighted by atomic mass is 9.98. The van der Waals surface area contributed by atoms with Crippen LogP contribution in [-0.2, 0) is 22.5 Å². The Kier molecular flexibility index (Phi) is 40.0. The standard InChI is InChI=1S/C15H14.C12H15ClO2.C11H15ClO.C10H10ClF3.C10H13Cl.C7H15ClO/c1-2-15(13-9-5-3-6-10-13)14-11-7-4-8-12-14;1-3-11(13)8-15-12-6-4-10(5-7-12)9(2)14;1-2-11(12)9-13-8-10-6-4-3-5-7-10;1-7-2-4-8(5-3-7)9(11)6-10(12,13)14;1-2-10(11)8-9-6-4-3-5-7-9;1-3-5-9-6-7(8)4-2/h2-12H,1H3;4-7,11H,3,8H2,1-2H3;3-7,11H,2,8-9H2,1H3;2-5,9H,6H2,1H3;3-7,10H,2,8H2,1H3;7H,3-6H2,1-2H3. The minimum Gasteiger partial charge on any atom is -0.492 e. The van der Waals surface area contributed by atoms with Crippen LogP contribution >= 0.6 is 58.0 Å². The fraction of sp³-hybridized carbons (Fsp3) is 0.400. The summed E-state index contributed by atoms with van der Waals surface area (Å²) >= 11 is 29.2. The second-order valence-electron chi connectivity index (χ2n) is 17.8. The van der Waals surface area contributed by atoms with Gasteiger partial charge >= 0.3 is 6.18 Å². The molecule has 0 spiro atoms. The van der Waals surface area contributed by atoms with Crippen LogP contribution in [0.1, 0.15) is 136 Å². The van der Waals surface area contributed by atoms with Gasteiger partial charge in [0.25, 0.3) is 0 Å². The second kappa shape index (κ2) is 43.6. The molecule has 5 unspecified atom stereocenters. The Bertz CT molecular complexity index is 2320. The third kappa shape index (κ3) is 35.7. The van der Waals surface area contributed by atoms with Crippen molar-refractivity contribution in [2.24, 2.45) is 0 Å². The first-order chi connectivity index (χ1) is 36.9. The monoisotopic (exact) mass is 1160 g/mol. The molecule has 0 aliphatic rings. The molecule has 5 atom stereocenters. The minimum absolute atomic E-state index is 0.0393. The molecule has 12 heteroatoms. The van der Waals surface area contributed by atoms with E-state index in [1.54, 1.807) is 55.5 Å². The summed E-state index contributed by atoms with van der Waals surface area (Å²) in [5.74, 6) is 0.810. The number of halogens is 8. The molecular weight excluding hydrogens is 1080 g/mol. The van der Waals surface area contributed by atoms with Crippen molar-refractivity contribution >= 4 is 69.4 Å². The van der Waals surface area contributed by atoms with Crippen molar-refractivity contribution in [1.82, 2.24) is 0 Å². The van der Waals surface area contributed by atoms with Crippen LogP contribution in [0.5, 0.6) is 5.75 Å². The highest BCUT2D eigenvalue weighted by molar-refractivity contribution is 6.21. The Labute approximate surface area is 485 Å². The quantitative estimate of drug-likeness (QED) is 0.0386. The average Bonchev–Trinajstić information content (AvgIpc) is 3.44. The molecule has 0 saturated carbocycles. The van der Waals surface area contributed by atoms with Crippen molar-refractivity contribution in [3.05, 3.63) is 215 Å². The largest absolute Gasteiger partial charge is 0.492 e. The van der Waals surface area contributed by atoms with E-state index in [1.807, 2.05) is 50.2 Å². The molecule has 0 aliphatic heterocycles. The molecule has 6 aromatic rings. The molecule has 6 aromatic carbocycles. The van der Waals surface area contributed by atoms with Gasteiger partial charge in [-0.15, -0.1) is 58.0 Å². The van der Waals surface area contributed by atoms with Crippen LogP contribution in [0, 0.1) is 6.92 Å². The minimum atomic E-state index is -4.21. The van der Waals surface area contributed by atoms with Crippen LogP contribution in [0.4, 0.5) is 13.2 Å². The summed E-state index contributed by atoms with van der Waals surface area (Å²) < 4.78 is 52.1. The second-order valence-corrected chi connectivity index (χ2v) is 20.8. The molecule has 4 nitrogen and oxygen atoms in total. The number of allylic oxidation sites excluding steroid dienone is 1. The molecule has 0 fully saturated rings. The Hall–Kier alpha value is -4.31. The van der Waals surface area contributed by atoms with E-state index in [2.05, 4.69) is 126 Å². The number of aryl methyl sites for hydroxylation is 1. The van der Waals surface area contributed by atoms with Gasteiger partial charge in [-0.05, 0) is 117 Å². The van der Waals surface area contributed by atoms with Crippen molar-refractivity contribution in [1.29, 1.82) is 0 Å². The number of ether oxygens (including phenoxy) is 3. The maximum absolute atomic E-state index is 12.0. The number of hydrogen-bond acceptors (Lipinski definition) is 4. The first-order valence-corrected chi connectivity index (χ1v) is 28.7. The summed E-state index contributed by atoms with van der Waals surface area (Å²) in [6, 6.07) is 55.3. The smallest absolute Gasteiger partial charge is 0.390 e. The highest BCUT2D eigenvalue weighted by atomic mass is 35.5. The Morgan fingerprint density at radius 1 is 0.532 bits per heavy atom. The SMILES string of the molecule is CC=C(c1ccccc1)c1ccccc1.CCC(Cl)COCc1ccccc1.CCC(Cl)COc1ccc(C(C)=O)cc1.CCC(Cl)Cc1ccccc1.CCCOCC(Cl)CC.Cc1ccc(C(Cl)CC(F)(F)F)cc1. The molecular formula is C65H82Cl5F3O4. The zero-order chi connectivity index (χ0) is 57.3. The van der Waals surface area contributed by atoms with Gasteiger partial charge in [0.15, 0.2) is 5.78 Å². The molecule has 0 bridgehead atoms. The lowest BCUT2D eigenvalue weighted by Crippen LogP contribution is -2.10. The topological polar surface area (TPSA) is 44.8 Å². The van der Waals surface area contributed by atoms with Gasteiger partial charge in [0.1, 0.15) is 12.4 Å². The van der Waals surface area contributed by atoms with Crippen LogP contribution in [0.3, 0.4) is 0 Å². The van der Waals surface area contributed by atoms with Crippen molar-refractivity contribution in [3.8, 4) is 5.75 Å².